The molecule has 1 aliphatic rings. The minimum absolute atomic E-state index is 0.0417. The SMILES string of the molecule is Cc1cccc(C(=O)OCC(=O)N[C@@H](c2ccc3c(c2)OCCO3)C(C)C)c1[N+](=O)[O-]. The van der Waals surface area contributed by atoms with Crippen molar-refractivity contribution >= 4 is 17.6 Å². The van der Waals surface area contributed by atoms with Gasteiger partial charge in [-0.05, 0) is 36.6 Å². The molecular formula is C22H24N2O7. The minimum Gasteiger partial charge on any atom is -0.486 e. The first kappa shape index (κ1) is 22.1. The first-order valence-corrected chi connectivity index (χ1v) is 9.88. The summed E-state index contributed by atoms with van der Waals surface area (Å²) < 4.78 is 16.2. The molecule has 0 aliphatic carbocycles. The Morgan fingerprint density at radius 2 is 1.87 bits per heavy atom. The van der Waals surface area contributed by atoms with Gasteiger partial charge in [-0.15, -0.1) is 0 Å². The average Bonchev–Trinajstić information content (AvgIpc) is 2.74. The fraction of sp³-hybridized carbons (Fsp3) is 0.364. The summed E-state index contributed by atoms with van der Waals surface area (Å²) in [6, 6.07) is 9.47. The van der Waals surface area contributed by atoms with Crippen LogP contribution in [0.25, 0.3) is 0 Å². The van der Waals surface area contributed by atoms with E-state index < -0.39 is 23.4 Å². The Hall–Kier alpha value is -3.62. The van der Waals surface area contributed by atoms with Gasteiger partial charge in [0.05, 0.1) is 11.0 Å². The molecule has 1 aliphatic heterocycles. The van der Waals surface area contributed by atoms with E-state index in [-0.39, 0.29) is 23.2 Å². The van der Waals surface area contributed by atoms with Crippen LogP contribution in [0.1, 0.15) is 41.4 Å². The average molecular weight is 428 g/mol. The first-order chi connectivity index (χ1) is 14.8. The number of esters is 1. The van der Waals surface area contributed by atoms with Gasteiger partial charge in [0.2, 0.25) is 0 Å². The van der Waals surface area contributed by atoms with Crippen LogP contribution in [0.5, 0.6) is 11.5 Å². The van der Waals surface area contributed by atoms with Gasteiger partial charge < -0.3 is 19.5 Å². The highest BCUT2D eigenvalue weighted by atomic mass is 16.6. The van der Waals surface area contributed by atoms with Gasteiger partial charge in [-0.3, -0.25) is 14.9 Å². The second-order valence-electron chi connectivity index (χ2n) is 7.50. The van der Waals surface area contributed by atoms with E-state index in [1.807, 2.05) is 26.0 Å². The number of amides is 1. The van der Waals surface area contributed by atoms with Crippen LogP contribution in [0.3, 0.4) is 0 Å². The number of nitro benzene ring substituents is 1. The van der Waals surface area contributed by atoms with Crippen LogP contribution in [0.2, 0.25) is 0 Å². The molecule has 0 aromatic heterocycles. The third-order valence-electron chi connectivity index (χ3n) is 4.88. The van der Waals surface area contributed by atoms with Gasteiger partial charge >= 0.3 is 5.97 Å². The maximum Gasteiger partial charge on any atom is 0.345 e. The van der Waals surface area contributed by atoms with Crippen LogP contribution in [0.4, 0.5) is 5.69 Å². The number of fused-ring (bicyclic) bond motifs is 1. The fourth-order valence-electron chi connectivity index (χ4n) is 3.38. The zero-order valence-corrected chi connectivity index (χ0v) is 17.5. The molecule has 0 saturated carbocycles. The van der Waals surface area contributed by atoms with Gasteiger partial charge in [0.1, 0.15) is 18.8 Å². The van der Waals surface area contributed by atoms with Gasteiger partial charge in [0.15, 0.2) is 18.1 Å². The van der Waals surface area contributed by atoms with Crippen LogP contribution in [0.15, 0.2) is 36.4 Å². The van der Waals surface area contributed by atoms with Crippen molar-refractivity contribution in [1.82, 2.24) is 5.32 Å². The molecule has 0 spiro atoms. The number of nitro groups is 1. The lowest BCUT2D eigenvalue weighted by molar-refractivity contribution is -0.385. The number of hydrogen-bond acceptors (Lipinski definition) is 7. The van der Waals surface area contributed by atoms with E-state index >= 15 is 0 Å². The number of carbonyl (C=O) groups is 2. The Labute approximate surface area is 179 Å². The molecular weight excluding hydrogens is 404 g/mol. The van der Waals surface area contributed by atoms with Crippen LogP contribution < -0.4 is 14.8 Å². The van der Waals surface area contributed by atoms with Crippen molar-refractivity contribution in [2.45, 2.75) is 26.8 Å². The predicted molar refractivity (Wildman–Crippen MR) is 111 cm³/mol. The van der Waals surface area contributed by atoms with Crippen LogP contribution in [0, 0.1) is 23.0 Å². The van der Waals surface area contributed by atoms with E-state index in [1.54, 1.807) is 6.07 Å². The molecule has 9 nitrogen and oxygen atoms in total. The summed E-state index contributed by atoms with van der Waals surface area (Å²) in [6.07, 6.45) is 0. The minimum atomic E-state index is -0.925. The summed E-state index contributed by atoms with van der Waals surface area (Å²) in [4.78, 5) is 35.4. The van der Waals surface area contributed by atoms with E-state index in [0.717, 1.165) is 5.56 Å². The number of aryl methyl sites for hydroxylation is 1. The Balaban J connectivity index is 1.67. The Morgan fingerprint density at radius 3 is 2.55 bits per heavy atom. The summed E-state index contributed by atoms with van der Waals surface area (Å²) in [5.74, 6) is -0.136. The molecule has 31 heavy (non-hydrogen) atoms. The lowest BCUT2D eigenvalue weighted by atomic mass is 9.95. The summed E-state index contributed by atoms with van der Waals surface area (Å²) in [5, 5.41) is 14.1. The summed E-state index contributed by atoms with van der Waals surface area (Å²) in [6.45, 7) is 5.81. The molecule has 1 amide bonds. The molecule has 2 aromatic rings. The Kier molecular flexibility index (Phi) is 6.74. The van der Waals surface area contributed by atoms with Gasteiger partial charge in [-0.2, -0.15) is 0 Å². The summed E-state index contributed by atoms with van der Waals surface area (Å²) in [5.41, 5.74) is 0.643. The monoisotopic (exact) mass is 428 g/mol. The van der Waals surface area contributed by atoms with Crippen molar-refractivity contribution in [2.75, 3.05) is 19.8 Å². The number of nitrogens with one attached hydrogen (secondary N) is 1. The Morgan fingerprint density at radius 1 is 1.16 bits per heavy atom. The van der Waals surface area contributed by atoms with Gasteiger partial charge in [0, 0.05) is 5.56 Å². The highest BCUT2D eigenvalue weighted by Gasteiger charge is 2.25. The van der Waals surface area contributed by atoms with Gasteiger partial charge in [-0.1, -0.05) is 32.0 Å². The molecule has 0 bridgehead atoms. The molecule has 1 N–H and O–H groups in total. The van der Waals surface area contributed by atoms with E-state index in [0.29, 0.717) is 30.3 Å². The third-order valence-corrected chi connectivity index (χ3v) is 4.88. The van der Waals surface area contributed by atoms with Crippen molar-refractivity contribution in [2.24, 2.45) is 5.92 Å². The quantitative estimate of drug-likeness (QED) is 0.408. The number of benzene rings is 2. The predicted octanol–water partition coefficient (Wildman–Crippen LogP) is 3.34. The highest BCUT2D eigenvalue weighted by molar-refractivity contribution is 5.95. The van der Waals surface area contributed by atoms with Gasteiger partial charge in [0.25, 0.3) is 11.6 Å². The normalized spacial score (nSPS) is 13.4. The topological polar surface area (TPSA) is 117 Å². The number of rotatable bonds is 7. The fourth-order valence-corrected chi connectivity index (χ4v) is 3.38. The molecule has 0 saturated heterocycles. The van der Waals surface area contributed by atoms with Crippen LogP contribution >= 0.6 is 0 Å². The lowest BCUT2D eigenvalue weighted by Gasteiger charge is -2.25. The summed E-state index contributed by atoms with van der Waals surface area (Å²) >= 11 is 0. The van der Waals surface area contributed by atoms with Crippen LogP contribution in [-0.4, -0.2) is 36.6 Å². The Bertz CT molecular complexity index is 1000. The van der Waals surface area contributed by atoms with Gasteiger partial charge in [-0.25, -0.2) is 4.79 Å². The number of ether oxygens (including phenoxy) is 3. The van der Waals surface area contributed by atoms with Crippen molar-refractivity contribution in [1.29, 1.82) is 0 Å². The molecule has 1 atom stereocenters. The number of para-hydroxylation sites is 1. The molecule has 9 heteroatoms. The molecule has 0 fully saturated rings. The van der Waals surface area contributed by atoms with E-state index in [9.17, 15) is 19.7 Å². The van der Waals surface area contributed by atoms with Crippen molar-refractivity contribution in [3.63, 3.8) is 0 Å². The van der Waals surface area contributed by atoms with Crippen LogP contribution in [-0.2, 0) is 9.53 Å². The third kappa shape index (κ3) is 5.11. The zero-order valence-electron chi connectivity index (χ0n) is 17.5. The first-order valence-electron chi connectivity index (χ1n) is 9.88. The lowest BCUT2D eigenvalue weighted by Crippen LogP contribution is -2.35. The van der Waals surface area contributed by atoms with E-state index in [2.05, 4.69) is 5.32 Å². The molecule has 0 unspecified atom stereocenters. The maximum atomic E-state index is 12.5. The molecule has 2 aromatic carbocycles. The maximum absolute atomic E-state index is 12.5. The number of hydrogen-bond donors (Lipinski definition) is 1. The molecule has 0 radical (unpaired) electrons. The van der Waals surface area contributed by atoms with Crippen molar-refractivity contribution < 1.29 is 28.7 Å². The molecule has 164 valence electrons. The highest BCUT2D eigenvalue weighted by Crippen LogP contribution is 2.34. The zero-order chi connectivity index (χ0) is 22.5. The van der Waals surface area contributed by atoms with E-state index in [1.165, 1.54) is 25.1 Å². The van der Waals surface area contributed by atoms with Crippen molar-refractivity contribution in [3.8, 4) is 11.5 Å². The number of nitrogens with zero attached hydrogens (tertiary/aromatic N) is 1. The second-order valence-corrected chi connectivity index (χ2v) is 7.50. The summed E-state index contributed by atoms with van der Waals surface area (Å²) in [7, 11) is 0. The molecule has 3 rings (SSSR count). The largest absolute Gasteiger partial charge is 0.486 e. The molecule has 1 heterocycles. The second kappa shape index (κ2) is 9.46. The smallest absolute Gasteiger partial charge is 0.345 e. The van der Waals surface area contributed by atoms with Crippen molar-refractivity contribution in [3.05, 3.63) is 63.2 Å². The standard InChI is InChI=1S/C22H24N2O7/c1-13(2)20(15-7-8-17-18(11-15)30-10-9-29-17)23-19(25)12-31-22(26)16-6-4-5-14(3)21(16)24(27)28/h4-8,11,13,20H,9-10,12H2,1-3H3,(H,23,25)/t20-/m1/s1. The number of carbonyl (C=O) groups excluding carboxylic acids is 2. The van der Waals surface area contributed by atoms with E-state index in [4.69, 9.17) is 14.2 Å².